The highest BCUT2D eigenvalue weighted by molar-refractivity contribution is 5.94. The molecule has 30 heavy (non-hydrogen) atoms. The van der Waals surface area contributed by atoms with Gasteiger partial charge in [0.05, 0.1) is 12.5 Å². The second-order valence-electron chi connectivity index (χ2n) is 7.05. The Bertz CT molecular complexity index is 987. The van der Waals surface area contributed by atoms with Crippen molar-refractivity contribution in [2.45, 2.75) is 25.8 Å². The molecule has 3 rings (SSSR count). The topological polar surface area (TPSA) is 70.6 Å². The molecule has 0 saturated heterocycles. The molecule has 0 unspecified atom stereocenters. The fourth-order valence-corrected chi connectivity index (χ4v) is 3.09. The molecule has 2 amide bonds. The minimum absolute atomic E-state index is 0.0880. The van der Waals surface area contributed by atoms with Crippen molar-refractivity contribution >= 4 is 17.5 Å². The van der Waals surface area contributed by atoms with E-state index in [-0.39, 0.29) is 18.2 Å². The summed E-state index contributed by atoms with van der Waals surface area (Å²) in [5.41, 5.74) is 5.96. The van der Waals surface area contributed by atoms with E-state index < -0.39 is 6.04 Å². The molecule has 3 aromatic carbocycles. The fraction of sp³-hybridized carbons (Fsp3) is 0.160. The summed E-state index contributed by atoms with van der Waals surface area (Å²) in [4.78, 5) is 25.1. The average Bonchev–Trinajstić information content (AvgIpc) is 2.79. The predicted octanol–water partition coefficient (Wildman–Crippen LogP) is 4.28. The molecule has 1 atom stereocenters. The summed E-state index contributed by atoms with van der Waals surface area (Å²) in [6, 6.07) is 27.9. The third-order valence-electron chi connectivity index (χ3n) is 4.61. The highest BCUT2D eigenvalue weighted by atomic mass is 16.2. The van der Waals surface area contributed by atoms with Crippen molar-refractivity contribution in [3.63, 3.8) is 0 Å². The minimum Gasteiger partial charge on any atom is -0.345 e. The normalized spacial score (nSPS) is 12.1. The van der Waals surface area contributed by atoms with Crippen molar-refractivity contribution in [2.24, 2.45) is 5.10 Å². The van der Waals surface area contributed by atoms with Crippen LogP contribution in [-0.4, -0.2) is 17.5 Å². The van der Waals surface area contributed by atoms with E-state index in [4.69, 9.17) is 0 Å². The zero-order valence-corrected chi connectivity index (χ0v) is 16.9. The predicted molar refractivity (Wildman–Crippen MR) is 119 cm³/mol. The number of hydrogen-bond acceptors (Lipinski definition) is 3. The number of carbonyl (C=O) groups is 2. The van der Waals surface area contributed by atoms with Crippen molar-refractivity contribution in [1.29, 1.82) is 0 Å². The molecular weight excluding hydrogens is 374 g/mol. The van der Waals surface area contributed by atoms with Crippen LogP contribution in [0.5, 0.6) is 0 Å². The minimum atomic E-state index is -0.455. The highest BCUT2D eigenvalue weighted by Gasteiger charge is 2.19. The van der Waals surface area contributed by atoms with Gasteiger partial charge < -0.3 is 5.32 Å². The molecule has 5 heteroatoms. The first kappa shape index (κ1) is 21.0. The summed E-state index contributed by atoms with van der Waals surface area (Å²) in [6.45, 7) is 1.87. The summed E-state index contributed by atoms with van der Waals surface area (Å²) >= 11 is 0. The smallest absolute Gasteiger partial charge is 0.251 e. The maximum atomic E-state index is 12.6. The Morgan fingerprint density at radius 3 is 2.03 bits per heavy atom. The lowest BCUT2D eigenvalue weighted by Crippen LogP contribution is -2.32. The molecule has 0 radical (unpaired) electrons. The van der Waals surface area contributed by atoms with E-state index in [0.29, 0.717) is 12.0 Å². The number of nitrogens with one attached hydrogen (secondary N) is 2. The van der Waals surface area contributed by atoms with E-state index in [2.05, 4.69) is 15.8 Å². The maximum Gasteiger partial charge on any atom is 0.251 e. The van der Waals surface area contributed by atoms with E-state index in [1.807, 2.05) is 85.8 Å². The first-order valence-corrected chi connectivity index (χ1v) is 9.88. The lowest BCUT2D eigenvalue weighted by atomic mass is 10.0. The monoisotopic (exact) mass is 399 g/mol. The molecule has 0 fully saturated rings. The molecule has 0 heterocycles. The molecule has 5 nitrogen and oxygen atoms in total. The van der Waals surface area contributed by atoms with Gasteiger partial charge in [0, 0.05) is 17.7 Å². The quantitative estimate of drug-likeness (QED) is 0.438. The van der Waals surface area contributed by atoms with Crippen LogP contribution in [0.1, 0.15) is 40.9 Å². The molecule has 0 saturated carbocycles. The molecule has 3 aromatic rings. The van der Waals surface area contributed by atoms with Crippen LogP contribution >= 0.6 is 0 Å². The molecule has 2 N–H and O–H groups in total. The molecule has 0 aliphatic rings. The SMILES string of the molecule is C/C(Cc1ccccc1)=N/NC(=O)C[C@@H](NC(=O)c1ccccc1)c1ccccc1. The van der Waals surface area contributed by atoms with Gasteiger partial charge in [-0.25, -0.2) is 5.43 Å². The van der Waals surface area contributed by atoms with Gasteiger partial charge in [0.2, 0.25) is 5.91 Å². The van der Waals surface area contributed by atoms with Crippen molar-refractivity contribution in [3.8, 4) is 0 Å². The van der Waals surface area contributed by atoms with Crippen LogP contribution in [0.25, 0.3) is 0 Å². The Morgan fingerprint density at radius 1 is 0.833 bits per heavy atom. The number of nitrogens with zero attached hydrogens (tertiary/aromatic N) is 1. The lowest BCUT2D eigenvalue weighted by molar-refractivity contribution is -0.121. The Balaban J connectivity index is 1.64. The third kappa shape index (κ3) is 6.41. The number of benzene rings is 3. The van der Waals surface area contributed by atoms with E-state index in [9.17, 15) is 9.59 Å². The van der Waals surface area contributed by atoms with E-state index in [1.165, 1.54) is 0 Å². The summed E-state index contributed by atoms with van der Waals surface area (Å²) in [5, 5.41) is 7.17. The highest BCUT2D eigenvalue weighted by Crippen LogP contribution is 2.17. The second kappa shape index (κ2) is 10.7. The van der Waals surface area contributed by atoms with E-state index in [1.54, 1.807) is 12.1 Å². The summed E-state index contributed by atoms with van der Waals surface area (Å²) in [7, 11) is 0. The van der Waals surface area contributed by atoms with Crippen LogP contribution < -0.4 is 10.7 Å². The first-order chi connectivity index (χ1) is 14.6. The van der Waals surface area contributed by atoms with E-state index >= 15 is 0 Å². The van der Waals surface area contributed by atoms with Gasteiger partial charge in [-0.15, -0.1) is 0 Å². The Morgan fingerprint density at radius 2 is 1.40 bits per heavy atom. The zero-order chi connectivity index (χ0) is 21.2. The van der Waals surface area contributed by atoms with Gasteiger partial charge in [-0.3, -0.25) is 9.59 Å². The number of carbonyl (C=O) groups excluding carboxylic acids is 2. The van der Waals surface area contributed by atoms with Gasteiger partial charge in [-0.2, -0.15) is 5.10 Å². The summed E-state index contributed by atoms with van der Waals surface area (Å²) < 4.78 is 0. The number of rotatable bonds is 8. The number of hydrogen-bond donors (Lipinski definition) is 2. The fourth-order valence-electron chi connectivity index (χ4n) is 3.09. The summed E-state index contributed by atoms with van der Waals surface area (Å²) in [6.07, 6.45) is 0.749. The lowest BCUT2D eigenvalue weighted by Gasteiger charge is -2.18. The Kier molecular flexibility index (Phi) is 7.50. The molecule has 152 valence electrons. The number of hydrazone groups is 1. The third-order valence-corrected chi connectivity index (χ3v) is 4.61. The van der Waals surface area contributed by atoms with Crippen LogP contribution in [-0.2, 0) is 11.2 Å². The molecular formula is C25H25N3O2. The van der Waals surface area contributed by atoms with Crippen molar-refractivity contribution in [3.05, 3.63) is 108 Å². The first-order valence-electron chi connectivity index (χ1n) is 9.88. The molecule has 0 spiro atoms. The van der Waals surface area contributed by atoms with Crippen LogP contribution in [0.2, 0.25) is 0 Å². The van der Waals surface area contributed by atoms with Crippen LogP contribution in [0.15, 0.2) is 96.1 Å². The van der Waals surface area contributed by atoms with Gasteiger partial charge in [0.15, 0.2) is 0 Å². The van der Waals surface area contributed by atoms with Gasteiger partial charge in [-0.05, 0) is 30.2 Å². The maximum absolute atomic E-state index is 12.6. The second-order valence-corrected chi connectivity index (χ2v) is 7.05. The standard InChI is InChI=1S/C25H25N3O2/c1-19(17-20-11-5-2-6-12-20)27-28-24(29)18-23(21-13-7-3-8-14-21)26-25(30)22-15-9-4-10-16-22/h2-16,23H,17-18H2,1H3,(H,26,30)(H,28,29)/b27-19-/t23-/m1/s1. The van der Waals surface area contributed by atoms with Gasteiger partial charge in [-0.1, -0.05) is 78.9 Å². The molecule has 0 aliphatic heterocycles. The zero-order valence-electron chi connectivity index (χ0n) is 16.9. The average molecular weight is 399 g/mol. The Labute approximate surface area is 176 Å². The largest absolute Gasteiger partial charge is 0.345 e. The van der Waals surface area contributed by atoms with Crippen LogP contribution in [0.4, 0.5) is 0 Å². The van der Waals surface area contributed by atoms with Gasteiger partial charge >= 0.3 is 0 Å². The molecule has 0 bridgehead atoms. The van der Waals surface area contributed by atoms with E-state index in [0.717, 1.165) is 16.8 Å². The van der Waals surface area contributed by atoms with Gasteiger partial charge in [0.25, 0.3) is 5.91 Å². The number of amides is 2. The van der Waals surface area contributed by atoms with Crippen LogP contribution in [0, 0.1) is 0 Å². The van der Waals surface area contributed by atoms with Gasteiger partial charge in [0.1, 0.15) is 0 Å². The molecule has 0 aromatic heterocycles. The van der Waals surface area contributed by atoms with Crippen molar-refractivity contribution in [1.82, 2.24) is 10.7 Å². The van der Waals surface area contributed by atoms with Crippen LogP contribution in [0.3, 0.4) is 0 Å². The Hall–Kier alpha value is -3.73. The van der Waals surface area contributed by atoms with Crippen molar-refractivity contribution in [2.75, 3.05) is 0 Å². The summed E-state index contributed by atoms with van der Waals surface area (Å²) in [5.74, 6) is -0.481. The van der Waals surface area contributed by atoms with Crippen molar-refractivity contribution < 1.29 is 9.59 Å². The molecule has 0 aliphatic carbocycles.